The smallest absolute Gasteiger partial charge is 0.295 e. The molecule has 1 aliphatic heterocycles. The van der Waals surface area contributed by atoms with Gasteiger partial charge in [0.25, 0.3) is 5.91 Å². The number of aryl methyl sites for hydroxylation is 1. The van der Waals surface area contributed by atoms with Crippen LogP contribution in [-0.2, 0) is 14.3 Å². The van der Waals surface area contributed by atoms with Gasteiger partial charge >= 0.3 is 0 Å². The average Bonchev–Trinajstić information content (AvgIpc) is 3.18. The van der Waals surface area contributed by atoms with Crippen LogP contribution in [-0.4, -0.2) is 29.1 Å². The van der Waals surface area contributed by atoms with Crippen LogP contribution in [0.3, 0.4) is 0 Å². The van der Waals surface area contributed by atoms with Gasteiger partial charge in [-0.05, 0) is 13.0 Å². The zero-order chi connectivity index (χ0) is 16.5. The number of nitrogens with zero attached hydrogens (tertiary/aromatic N) is 1. The van der Waals surface area contributed by atoms with Gasteiger partial charge in [0.15, 0.2) is 5.13 Å². The summed E-state index contributed by atoms with van der Waals surface area (Å²) in [4.78, 5) is 20.0. The first-order valence-corrected chi connectivity index (χ1v) is 8.39. The molecule has 0 saturated heterocycles. The molecule has 0 radical (unpaired) electrons. The predicted molar refractivity (Wildman–Crippen MR) is 92.8 cm³/mol. The summed E-state index contributed by atoms with van der Waals surface area (Å²) in [6, 6.07) is 8.09. The summed E-state index contributed by atoms with van der Waals surface area (Å²) in [5.74, 6) is -0.187. The molecule has 3 heterocycles. The summed E-state index contributed by atoms with van der Waals surface area (Å²) in [5.41, 5.74) is 4.01. The number of ether oxygens (including phenoxy) is 2. The molecule has 6 nitrogen and oxygen atoms in total. The van der Waals surface area contributed by atoms with Crippen LogP contribution in [0.5, 0.6) is 0 Å². The summed E-state index contributed by atoms with van der Waals surface area (Å²) in [7, 11) is 0. The van der Waals surface area contributed by atoms with Crippen LogP contribution >= 0.6 is 11.3 Å². The van der Waals surface area contributed by atoms with Gasteiger partial charge in [-0.3, -0.25) is 10.1 Å². The van der Waals surface area contributed by atoms with Crippen LogP contribution in [0.1, 0.15) is 5.69 Å². The summed E-state index contributed by atoms with van der Waals surface area (Å²) in [6.45, 7) is 2.85. The number of carbonyl (C=O) groups is 1. The molecule has 0 aliphatic carbocycles. The molecule has 1 amide bonds. The zero-order valence-corrected chi connectivity index (χ0v) is 13.8. The predicted octanol–water partition coefficient (Wildman–Crippen LogP) is 3.43. The lowest BCUT2D eigenvalue weighted by atomic mass is 10.1. The molecule has 1 aromatic carbocycles. The molecule has 2 aromatic heterocycles. The van der Waals surface area contributed by atoms with Gasteiger partial charge in [-0.15, -0.1) is 11.3 Å². The molecule has 3 aromatic rings. The topological polar surface area (TPSA) is 76.2 Å². The summed E-state index contributed by atoms with van der Waals surface area (Å²) >= 11 is 1.38. The Morgan fingerprint density at radius 1 is 1.33 bits per heavy atom. The van der Waals surface area contributed by atoms with Crippen molar-refractivity contribution in [1.29, 1.82) is 0 Å². The van der Waals surface area contributed by atoms with E-state index >= 15 is 0 Å². The highest BCUT2D eigenvalue weighted by Gasteiger charge is 2.18. The van der Waals surface area contributed by atoms with Crippen molar-refractivity contribution >= 4 is 33.3 Å². The number of anilines is 1. The first-order valence-electron chi connectivity index (χ1n) is 7.51. The first-order chi connectivity index (χ1) is 11.7. The van der Waals surface area contributed by atoms with E-state index in [0.717, 1.165) is 27.9 Å². The third kappa shape index (κ3) is 2.63. The van der Waals surface area contributed by atoms with E-state index in [1.54, 1.807) is 0 Å². The maximum atomic E-state index is 12.1. The van der Waals surface area contributed by atoms with Gasteiger partial charge < -0.3 is 14.5 Å². The van der Waals surface area contributed by atoms with Crippen LogP contribution in [0, 0.1) is 6.92 Å². The number of nitrogens with one attached hydrogen (secondary N) is 2. The van der Waals surface area contributed by atoms with Crippen molar-refractivity contribution in [3.8, 4) is 11.3 Å². The quantitative estimate of drug-likeness (QED) is 0.765. The van der Waals surface area contributed by atoms with Crippen molar-refractivity contribution in [2.24, 2.45) is 0 Å². The number of thiazole rings is 1. The van der Waals surface area contributed by atoms with Crippen molar-refractivity contribution in [1.82, 2.24) is 9.97 Å². The van der Waals surface area contributed by atoms with Crippen molar-refractivity contribution in [2.75, 3.05) is 18.5 Å². The minimum Gasteiger partial charge on any atom is -0.494 e. The highest BCUT2D eigenvalue weighted by Crippen LogP contribution is 2.33. The summed E-state index contributed by atoms with van der Waals surface area (Å²) in [6.07, 6.45) is 1.33. The Balaban J connectivity index is 1.61. The highest BCUT2D eigenvalue weighted by atomic mass is 32.1. The van der Waals surface area contributed by atoms with E-state index in [1.807, 2.05) is 30.5 Å². The highest BCUT2D eigenvalue weighted by molar-refractivity contribution is 7.14. The Labute approximate surface area is 142 Å². The molecule has 0 saturated carbocycles. The fourth-order valence-corrected chi connectivity index (χ4v) is 3.40. The van der Waals surface area contributed by atoms with E-state index in [1.165, 1.54) is 17.6 Å². The molecule has 0 unspecified atom stereocenters. The Morgan fingerprint density at radius 3 is 3.04 bits per heavy atom. The number of para-hydroxylation sites is 1. The Kier molecular flexibility index (Phi) is 3.70. The first kappa shape index (κ1) is 14.8. The second-order valence-electron chi connectivity index (χ2n) is 5.36. The number of aromatic nitrogens is 2. The number of hydrogen-bond donors (Lipinski definition) is 2. The van der Waals surface area contributed by atoms with Crippen molar-refractivity contribution in [3.63, 3.8) is 0 Å². The fraction of sp³-hybridized carbons (Fsp3) is 0.176. The number of carbonyl (C=O) groups excluding carboxylic acids is 1. The number of fused-ring (bicyclic) bond motifs is 1. The molecule has 7 heteroatoms. The van der Waals surface area contributed by atoms with E-state index in [4.69, 9.17) is 9.47 Å². The normalized spacial score (nSPS) is 14.0. The number of benzene rings is 1. The van der Waals surface area contributed by atoms with Crippen LogP contribution in [0.15, 0.2) is 41.7 Å². The number of H-pyrrole nitrogens is 1. The van der Waals surface area contributed by atoms with Gasteiger partial charge in [0.1, 0.15) is 19.5 Å². The Hall–Kier alpha value is -2.80. The third-order valence-corrected chi connectivity index (χ3v) is 4.50. The second kappa shape index (κ2) is 6.01. The van der Waals surface area contributed by atoms with E-state index in [9.17, 15) is 4.79 Å². The SMILES string of the molecule is Cc1[nH]c2ccccc2c1-c1csc(NC(=O)C2=COCCO2)n1. The molecular formula is C17H15N3O3S. The lowest BCUT2D eigenvalue weighted by molar-refractivity contribution is -0.117. The van der Waals surface area contributed by atoms with Crippen LogP contribution in [0.4, 0.5) is 5.13 Å². The second-order valence-corrected chi connectivity index (χ2v) is 6.22. The lowest BCUT2D eigenvalue weighted by Crippen LogP contribution is -2.21. The summed E-state index contributed by atoms with van der Waals surface area (Å²) < 4.78 is 10.4. The van der Waals surface area contributed by atoms with Gasteiger partial charge in [0, 0.05) is 27.5 Å². The minimum atomic E-state index is -0.355. The summed E-state index contributed by atoms with van der Waals surface area (Å²) in [5, 5.41) is 6.32. The average molecular weight is 341 g/mol. The molecule has 24 heavy (non-hydrogen) atoms. The largest absolute Gasteiger partial charge is 0.494 e. The standard InChI is InChI=1S/C17H15N3O3S/c1-10-15(11-4-2-3-5-12(11)18-10)13-9-24-17(19-13)20-16(21)14-8-22-6-7-23-14/h2-5,8-9,18H,6-7H2,1H3,(H,19,20,21). The van der Waals surface area contributed by atoms with Crippen LogP contribution in [0.25, 0.3) is 22.2 Å². The fourth-order valence-electron chi connectivity index (χ4n) is 2.70. The number of rotatable bonds is 3. The van der Waals surface area contributed by atoms with Crippen LogP contribution in [0.2, 0.25) is 0 Å². The van der Waals surface area contributed by atoms with Gasteiger partial charge in [0.05, 0.1) is 5.69 Å². The molecule has 0 bridgehead atoms. The van der Waals surface area contributed by atoms with Crippen LogP contribution < -0.4 is 5.32 Å². The Bertz CT molecular complexity index is 942. The number of amides is 1. The van der Waals surface area contributed by atoms with E-state index in [0.29, 0.717) is 18.3 Å². The monoisotopic (exact) mass is 341 g/mol. The molecule has 2 N–H and O–H groups in total. The molecule has 0 atom stereocenters. The maximum absolute atomic E-state index is 12.1. The lowest BCUT2D eigenvalue weighted by Gasteiger charge is -2.14. The molecule has 0 spiro atoms. The van der Waals surface area contributed by atoms with E-state index in [-0.39, 0.29) is 11.7 Å². The van der Waals surface area contributed by atoms with Gasteiger partial charge in [-0.1, -0.05) is 18.2 Å². The Morgan fingerprint density at radius 2 is 2.21 bits per heavy atom. The van der Waals surface area contributed by atoms with E-state index < -0.39 is 0 Å². The van der Waals surface area contributed by atoms with Gasteiger partial charge in [-0.25, -0.2) is 4.98 Å². The zero-order valence-electron chi connectivity index (χ0n) is 13.0. The molecule has 4 rings (SSSR count). The third-order valence-electron chi connectivity index (χ3n) is 3.75. The van der Waals surface area contributed by atoms with E-state index in [2.05, 4.69) is 21.4 Å². The molecule has 0 fully saturated rings. The maximum Gasteiger partial charge on any atom is 0.295 e. The molecule has 122 valence electrons. The number of aromatic amines is 1. The van der Waals surface area contributed by atoms with Crippen molar-refractivity contribution in [3.05, 3.63) is 47.4 Å². The molecular weight excluding hydrogens is 326 g/mol. The van der Waals surface area contributed by atoms with Crippen molar-refractivity contribution < 1.29 is 14.3 Å². The minimum absolute atomic E-state index is 0.168. The number of hydrogen-bond acceptors (Lipinski definition) is 5. The van der Waals surface area contributed by atoms with Gasteiger partial charge in [-0.2, -0.15) is 0 Å². The van der Waals surface area contributed by atoms with Gasteiger partial charge in [0.2, 0.25) is 5.76 Å². The van der Waals surface area contributed by atoms with Crippen molar-refractivity contribution in [2.45, 2.75) is 6.92 Å². The molecule has 1 aliphatic rings.